The summed E-state index contributed by atoms with van der Waals surface area (Å²) in [6, 6.07) is 5.31. The third kappa shape index (κ3) is 1.33. The van der Waals surface area contributed by atoms with Gasteiger partial charge in [-0.2, -0.15) is 0 Å². The number of nitrogens with one attached hydrogen (secondary N) is 2. The van der Waals surface area contributed by atoms with Crippen LogP contribution in [0.5, 0.6) is 5.75 Å². The van der Waals surface area contributed by atoms with Crippen LogP contribution in [0.1, 0.15) is 0 Å². The predicted molar refractivity (Wildman–Crippen MR) is 50.2 cm³/mol. The fourth-order valence-electron chi connectivity index (χ4n) is 1.18. The molecular weight excluding hydrogens is 188 g/mol. The first-order valence-electron chi connectivity index (χ1n) is 3.62. The molecule has 2 N–H and O–H groups in total. The van der Waals surface area contributed by atoms with E-state index in [1.54, 1.807) is 12.1 Å². The summed E-state index contributed by atoms with van der Waals surface area (Å²) < 4.78 is 5.27. The number of carbonyl (C=O) groups is 1. The third-order valence-electron chi connectivity index (χ3n) is 1.69. The van der Waals surface area contributed by atoms with E-state index in [1.165, 1.54) is 0 Å². The van der Waals surface area contributed by atoms with Gasteiger partial charge in [0.05, 0.1) is 5.52 Å². The summed E-state index contributed by atoms with van der Waals surface area (Å²) in [7, 11) is 0. The summed E-state index contributed by atoms with van der Waals surface area (Å²) in [5, 5.41) is 0. The van der Waals surface area contributed by atoms with Crippen LogP contribution in [-0.4, -0.2) is 16.4 Å². The Morgan fingerprint density at radius 3 is 3.00 bits per heavy atom. The fraction of sp³-hybridized carbons (Fsp3) is 0. The standard InChI is InChI=1S/C8H6N2O2S/c11-4-12-6-3-1-2-5-7(6)10-8(13)9-5/h1-4H,(H2,9,10,13). The first-order valence-corrected chi connectivity index (χ1v) is 4.03. The zero-order valence-corrected chi connectivity index (χ0v) is 7.35. The second-order valence-corrected chi connectivity index (χ2v) is 2.88. The average molecular weight is 194 g/mol. The van der Waals surface area contributed by atoms with Gasteiger partial charge in [0.15, 0.2) is 10.5 Å². The Labute approximate surface area is 78.5 Å². The van der Waals surface area contributed by atoms with Crippen molar-refractivity contribution in [2.45, 2.75) is 0 Å². The van der Waals surface area contributed by atoms with Gasteiger partial charge in [-0.15, -0.1) is 0 Å². The maximum Gasteiger partial charge on any atom is 0.298 e. The molecule has 0 aliphatic heterocycles. The number of imidazole rings is 1. The van der Waals surface area contributed by atoms with E-state index in [1.807, 2.05) is 6.07 Å². The van der Waals surface area contributed by atoms with Gasteiger partial charge in [0.25, 0.3) is 6.47 Å². The highest BCUT2D eigenvalue weighted by molar-refractivity contribution is 7.71. The molecule has 0 saturated heterocycles. The maximum atomic E-state index is 10.2. The van der Waals surface area contributed by atoms with Crippen LogP contribution in [0.25, 0.3) is 11.0 Å². The largest absolute Gasteiger partial charge is 0.426 e. The summed E-state index contributed by atoms with van der Waals surface area (Å²) >= 11 is 4.90. The Morgan fingerprint density at radius 1 is 1.38 bits per heavy atom. The van der Waals surface area contributed by atoms with Crippen molar-refractivity contribution in [3.63, 3.8) is 0 Å². The molecule has 0 bridgehead atoms. The highest BCUT2D eigenvalue weighted by atomic mass is 32.1. The number of para-hydroxylation sites is 1. The van der Waals surface area contributed by atoms with Gasteiger partial charge in [-0.25, -0.2) is 0 Å². The van der Waals surface area contributed by atoms with Crippen molar-refractivity contribution >= 4 is 29.7 Å². The number of hydrogen-bond donors (Lipinski definition) is 2. The van der Waals surface area contributed by atoms with Crippen molar-refractivity contribution in [1.29, 1.82) is 0 Å². The number of aromatic amines is 2. The normalized spacial score (nSPS) is 10.2. The van der Waals surface area contributed by atoms with E-state index in [-0.39, 0.29) is 0 Å². The molecule has 0 atom stereocenters. The van der Waals surface area contributed by atoms with E-state index in [0.717, 1.165) is 5.52 Å². The minimum Gasteiger partial charge on any atom is -0.426 e. The molecule has 0 saturated carbocycles. The Morgan fingerprint density at radius 2 is 2.23 bits per heavy atom. The lowest BCUT2D eigenvalue weighted by molar-refractivity contribution is -0.120. The molecule has 1 aromatic carbocycles. The summed E-state index contributed by atoms with van der Waals surface area (Å²) in [5.74, 6) is 0.472. The molecule has 2 aromatic rings. The predicted octanol–water partition coefficient (Wildman–Crippen LogP) is 1.76. The highest BCUT2D eigenvalue weighted by Crippen LogP contribution is 2.21. The van der Waals surface area contributed by atoms with Crippen molar-refractivity contribution < 1.29 is 9.53 Å². The zero-order chi connectivity index (χ0) is 9.26. The topological polar surface area (TPSA) is 57.9 Å². The van der Waals surface area contributed by atoms with Gasteiger partial charge in [-0.05, 0) is 24.4 Å². The second kappa shape index (κ2) is 3.02. The minimum atomic E-state index is 0.388. The lowest BCUT2D eigenvalue weighted by Crippen LogP contribution is -1.88. The summed E-state index contributed by atoms with van der Waals surface area (Å²) in [4.78, 5) is 16.0. The quantitative estimate of drug-likeness (QED) is 0.565. The Hall–Kier alpha value is -1.62. The van der Waals surface area contributed by atoms with E-state index >= 15 is 0 Å². The third-order valence-corrected chi connectivity index (χ3v) is 1.89. The van der Waals surface area contributed by atoms with Gasteiger partial charge in [-0.3, -0.25) is 4.79 Å². The highest BCUT2D eigenvalue weighted by Gasteiger charge is 2.02. The molecule has 0 fully saturated rings. The van der Waals surface area contributed by atoms with Crippen molar-refractivity contribution in [2.75, 3.05) is 0 Å². The van der Waals surface area contributed by atoms with Crippen LogP contribution in [-0.2, 0) is 4.79 Å². The number of hydrogen-bond acceptors (Lipinski definition) is 3. The van der Waals surface area contributed by atoms with Crippen LogP contribution in [0.4, 0.5) is 0 Å². The molecule has 5 heteroatoms. The zero-order valence-electron chi connectivity index (χ0n) is 6.53. The molecule has 0 radical (unpaired) electrons. The van der Waals surface area contributed by atoms with Crippen LogP contribution in [0.3, 0.4) is 0 Å². The molecular formula is C8H6N2O2S. The molecule has 13 heavy (non-hydrogen) atoms. The summed E-state index contributed by atoms with van der Waals surface area (Å²) in [6.45, 7) is 0.388. The van der Waals surface area contributed by atoms with Gasteiger partial charge in [0.2, 0.25) is 0 Å². The minimum absolute atomic E-state index is 0.388. The maximum absolute atomic E-state index is 10.2. The number of carbonyl (C=O) groups excluding carboxylic acids is 1. The SMILES string of the molecule is O=COc1cccc2[nH]c(=S)[nH]c12. The summed E-state index contributed by atoms with van der Waals surface area (Å²) in [5.41, 5.74) is 1.53. The number of ether oxygens (including phenoxy) is 1. The Balaban J connectivity index is 2.74. The van der Waals surface area contributed by atoms with Gasteiger partial charge in [0.1, 0.15) is 5.52 Å². The van der Waals surface area contributed by atoms with Crippen LogP contribution >= 0.6 is 12.2 Å². The number of aromatic nitrogens is 2. The van der Waals surface area contributed by atoms with E-state index in [2.05, 4.69) is 9.97 Å². The van der Waals surface area contributed by atoms with Gasteiger partial charge in [0, 0.05) is 0 Å². The Bertz CT molecular complexity index is 500. The molecule has 0 amide bonds. The smallest absolute Gasteiger partial charge is 0.298 e. The average Bonchev–Trinajstić information content (AvgIpc) is 2.47. The number of rotatable bonds is 2. The van der Waals surface area contributed by atoms with E-state index < -0.39 is 0 Å². The Kier molecular flexibility index (Phi) is 1.86. The molecule has 1 heterocycles. The van der Waals surface area contributed by atoms with E-state index in [9.17, 15) is 4.79 Å². The van der Waals surface area contributed by atoms with Crippen LogP contribution in [0, 0.1) is 4.77 Å². The molecule has 0 spiro atoms. The van der Waals surface area contributed by atoms with E-state index in [4.69, 9.17) is 17.0 Å². The number of H-pyrrole nitrogens is 2. The van der Waals surface area contributed by atoms with Crippen molar-refractivity contribution in [3.05, 3.63) is 23.0 Å². The molecule has 66 valence electrons. The molecule has 0 aliphatic carbocycles. The first-order chi connectivity index (χ1) is 6.31. The number of benzene rings is 1. The lowest BCUT2D eigenvalue weighted by Gasteiger charge is -1.97. The monoisotopic (exact) mass is 194 g/mol. The number of fused-ring (bicyclic) bond motifs is 1. The molecule has 1 aromatic heterocycles. The van der Waals surface area contributed by atoms with Crippen LogP contribution < -0.4 is 4.74 Å². The molecule has 0 aliphatic rings. The lowest BCUT2D eigenvalue weighted by atomic mass is 10.3. The van der Waals surface area contributed by atoms with E-state index in [0.29, 0.717) is 22.5 Å². The van der Waals surface area contributed by atoms with Gasteiger partial charge in [-0.1, -0.05) is 6.07 Å². The second-order valence-electron chi connectivity index (χ2n) is 2.47. The van der Waals surface area contributed by atoms with Gasteiger partial charge < -0.3 is 14.7 Å². The molecule has 4 nitrogen and oxygen atoms in total. The first kappa shape index (κ1) is 8.00. The van der Waals surface area contributed by atoms with Crippen molar-refractivity contribution in [2.24, 2.45) is 0 Å². The molecule has 0 unspecified atom stereocenters. The van der Waals surface area contributed by atoms with Crippen LogP contribution in [0.15, 0.2) is 18.2 Å². The van der Waals surface area contributed by atoms with Crippen molar-refractivity contribution in [1.82, 2.24) is 9.97 Å². The van der Waals surface area contributed by atoms with Gasteiger partial charge >= 0.3 is 0 Å². The van der Waals surface area contributed by atoms with Crippen LogP contribution in [0.2, 0.25) is 0 Å². The summed E-state index contributed by atoms with van der Waals surface area (Å²) in [6.07, 6.45) is 0. The molecule has 2 rings (SSSR count). The van der Waals surface area contributed by atoms with Crippen molar-refractivity contribution in [3.8, 4) is 5.75 Å². The fourth-order valence-corrected chi connectivity index (χ4v) is 1.39.